The van der Waals surface area contributed by atoms with Crippen molar-refractivity contribution in [2.24, 2.45) is 5.92 Å². The van der Waals surface area contributed by atoms with Gasteiger partial charge in [-0.15, -0.1) is 11.8 Å². The molecule has 2 heterocycles. The van der Waals surface area contributed by atoms with E-state index >= 15 is 0 Å². The molecule has 0 aromatic carbocycles. The zero-order valence-electron chi connectivity index (χ0n) is 20.7. The van der Waals surface area contributed by atoms with E-state index < -0.39 is 69.9 Å². The molecule has 0 spiro atoms. The summed E-state index contributed by atoms with van der Waals surface area (Å²) >= 11 is 1.07. The number of hydrogen-bond donors (Lipinski definition) is 5. The minimum absolute atomic E-state index is 0.0506. The lowest BCUT2D eigenvalue weighted by Crippen LogP contribution is -2.63. The molecule has 202 valence electrons. The summed E-state index contributed by atoms with van der Waals surface area (Å²) in [6.45, 7) is 5.44. The molecule has 0 radical (unpaired) electrons. The molecular weight excluding hydrogens is 506 g/mol. The van der Waals surface area contributed by atoms with Crippen LogP contribution in [0.5, 0.6) is 0 Å². The van der Waals surface area contributed by atoms with E-state index in [2.05, 4.69) is 16.0 Å². The molecule has 3 aliphatic rings. The Labute approximate surface area is 217 Å². The Balaban J connectivity index is 1.79. The van der Waals surface area contributed by atoms with Gasteiger partial charge < -0.3 is 25.7 Å². The molecule has 5 N–H and O–H groups in total. The van der Waals surface area contributed by atoms with Gasteiger partial charge in [-0.1, -0.05) is 24.3 Å². The SMILES string of the molecule is CCN1CCN(C(=O)N[C@@H](C(=O)N[C@H](C(=O)O)[C@@H]2N[C@@H](C(=O)O)C(C)(C)S2)C2C=CC=CC2)C(=O)C1=O. The largest absolute Gasteiger partial charge is 0.480 e. The van der Waals surface area contributed by atoms with Crippen LogP contribution in [0.4, 0.5) is 4.79 Å². The number of piperazine rings is 1. The number of carbonyl (C=O) groups excluding carboxylic acids is 4. The summed E-state index contributed by atoms with van der Waals surface area (Å²) in [7, 11) is 0. The molecule has 13 nitrogen and oxygen atoms in total. The number of nitrogens with one attached hydrogen (secondary N) is 3. The summed E-state index contributed by atoms with van der Waals surface area (Å²) in [5, 5.41) is 26.1. The molecule has 1 aliphatic carbocycles. The third-order valence-electron chi connectivity index (χ3n) is 6.51. The molecule has 2 saturated heterocycles. The van der Waals surface area contributed by atoms with Gasteiger partial charge in [0, 0.05) is 30.3 Å². The first-order valence-corrected chi connectivity index (χ1v) is 12.7. The van der Waals surface area contributed by atoms with Crippen molar-refractivity contribution in [3.05, 3.63) is 24.3 Å². The second kappa shape index (κ2) is 11.3. The Morgan fingerprint density at radius 1 is 1.11 bits per heavy atom. The Morgan fingerprint density at radius 3 is 2.35 bits per heavy atom. The third kappa shape index (κ3) is 6.13. The van der Waals surface area contributed by atoms with Gasteiger partial charge in [-0.2, -0.15) is 0 Å². The summed E-state index contributed by atoms with van der Waals surface area (Å²) in [4.78, 5) is 76.8. The van der Waals surface area contributed by atoms with E-state index in [-0.39, 0.29) is 13.1 Å². The number of carbonyl (C=O) groups is 6. The maximum absolute atomic E-state index is 13.4. The lowest BCUT2D eigenvalue weighted by Gasteiger charge is -2.34. The van der Waals surface area contributed by atoms with Gasteiger partial charge in [-0.25, -0.2) is 9.59 Å². The van der Waals surface area contributed by atoms with Crippen LogP contribution in [0.3, 0.4) is 0 Å². The van der Waals surface area contributed by atoms with Crippen LogP contribution in [0.2, 0.25) is 0 Å². The summed E-state index contributed by atoms with van der Waals surface area (Å²) < 4.78 is -0.854. The third-order valence-corrected chi connectivity index (χ3v) is 8.01. The van der Waals surface area contributed by atoms with Gasteiger partial charge in [0.05, 0.1) is 5.37 Å². The van der Waals surface area contributed by atoms with Crippen LogP contribution in [-0.4, -0.2) is 104 Å². The van der Waals surface area contributed by atoms with Crippen molar-refractivity contribution in [1.82, 2.24) is 25.8 Å². The van der Waals surface area contributed by atoms with Crippen molar-refractivity contribution < 1.29 is 39.0 Å². The smallest absolute Gasteiger partial charge is 0.328 e. The van der Waals surface area contributed by atoms with Gasteiger partial charge in [0.15, 0.2) is 6.04 Å². The normalized spacial score (nSPS) is 26.5. The van der Waals surface area contributed by atoms with Crippen molar-refractivity contribution in [2.75, 3.05) is 19.6 Å². The van der Waals surface area contributed by atoms with Gasteiger partial charge >= 0.3 is 29.8 Å². The van der Waals surface area contributed by atoms with Crippen molar-refractivity contribution in [2.45, 2.75) is 55.4 Å². The van der Waals surface area contributed by atoms with Crippen LogP contribution >= 0.6 is 11.8 Å². The van der Waals surface area contributed by atoms with E-state index in [9.17, 15) is 39.0 Å². The molecule has 2 fully saturated rings. The number of urea groups is 1. The maximum atomic E-state index is 13.4. The van der Waals surface area contributed by atoms with Crippen LogP contribution in [0.1, 0.15) is 27.2 Å². The summed E-state index contributed by atoms with van der Waals surface area (Å²) in [5.41, 5.74) is 0. The number of amides is 5. The van der Waals surface area contributed by atoms with Crippen molar-refractivity contribution in [3.63, 3.8) is 0 Å². The standard InChI is InChI=1S/C23H31N5O8S/c1-4-27-10-11-28(19(31)18(27)30)22(36)25-13(12-8-6-5-7-9-12)16(29)24-14(20(32)33)17-26-15(21(34)35)23(2,3)37-17/h5-8,12-15,17,26H,4,9-11H2,1-3H3,(H,24,29)(H,25,36)(H,32,33)(H,34,35)/t12?,13-,14+,15+,17-/m1/s1. The summed E-state index contributed by atoms with van der Waals surface area (Å²) in [6.07, 6.45) is 7.24. The van der Waals surface area contributed by atoms with E-state index in [0.717, 1.165) is 16.7 Å². The number of carboxylic acids is 2. The molecule has 5 atom stereocenters. The van der Waals surface area contributed by atoms with Crippen LogP contribution in [0.15, 0.2) is 24.3 Å². The van der Waals surface area contributed by atoms with E-state index in [1.165, 1.54) is 4.90 Å². The first kappa shape index (κ1) is 28.2. The van der Waals surface area contributed by atoms with Gasteiger partial charge in [0.1, 0.15) is 12.1 Å². The van der Waals surface area contributed by atoms with Gasteiger partial charge in [0.25, 0.3) is 0 Å². The minimum Gasteiger partial charge on any atom is -0.480 e. The fraction of sp³-hybridized carbons (Fsp3) is 0.565. The average molecular weight is 538 g/mol. The first-order chi connectivity index (χ1) is 17.4. The lowest BCUT2D eigenvalue weighted by atomic mass is 9.91. The second-order valence-corrected chi connectivity index (χ2v) is 11.2. The van der Waals surface area contributed by atoms with Crippen LogP contribution in [0.25, 0.3) is 0 Å². The predicted octanol–water partition coefficient (Wildman–Crippen LogP) is -0.649. The van der Waals surface area contributed by atoms with Crippen LogP contribution < -0.4 is 16.0 Å². The first-order valence-electron chi connectivity index (χ1n) is 11.8. The second-order valence-electron chi connectivity index (χ2n) is 9.39. The number of nitrogens with zero attached hydrogens (tertiary/aromatic N) is 2. The van der Waals surface area contributed by atoms with E-state index in [1.807, 2.05) is 0 Å². The highest BCUT2D eigenvalue weighted by Gasteiger charge is 2.50. The highest BCUT2D eigenvalue weighted by atomic mass is 32.2. The molecule has 14 heteroatoms. The Kier molecular flexibility index (Phi) is 8.64. The molecule has 1 unspecified atom stereocenters. The molecule has 0 aromatic rings. The number of aliphatic carboxylic acids is 2. The van der Waals surface area contributed by atoms with Crippen LogP contribution in [0, 0.1) is 5.92 Å². The Hall–Kier alpha value is -3.39. The highest BCUT2D eigenvalue weighted by molar-refractivity contribution is 8.01. The number of thioether (sulfide) groups is 1. The zero-order chi connectivity index (χ0) is 27.5. The van der Waals surface area contributed by atoms with Crippen molar-refractivity contribution in [3.8, 4) is 0 Å². The fourth-order valence-corrected chi connectivity index (χ4v) is 5.92. The number of carboxylic acid groups (broad SMARTS) is 2. The number of likely N-dealkylation sites (N-methyl/N-ethyl adjacent to an activating group) is 1. The highest BCUT2D eigenvalue weighted by Crippen LogP contribution is 2.39. The number of imide groups is 1. The quantitative estimate of drug-likeness (QED) is 0.249. The minimum atomic E-state index is -1.51. The molecule has 5 amide bonds. The molecule has 0 bridgehead atoms. The summed E-state index contributed by atoms with van der Waals surface area (Å²) in [5.74, 6) is -5.76. The van der Waals surface area contributed by atoms with Crippen LogP contribution in [-0.2, 0) is 24.0 Å². The van der Waals surface area contributed by atoms with E-state index in [0.29, 0.717) is 13.0 Å². The Bertz CT molecular complexity index is 1040. The molecule has 3 rings (SSSR count). The monoisotopic (exact) mass is 537 g/mol. The predicted molar refractivity (Wildman–Crippen MR) is 132 cm³/mol. The topological polar surface area (TPSA) is 185 Å². The number of rotatable bonds is 8. The zero-order valence-corrected chi connectivity index (χ0v) is 21.5. The summed E-state index contributed by atoms with van der Waals surface area (Å²) in [6, 6.07) is -4.77. The van der Waals surface area contributed by atoms with Crippen molar-refractivity contribution >= 4 is 47.5 Å². The average Bonchev–Trinajstić information content (AvgIpc) is 3.17. The molecular formula is C23H31N5O8S. The molecule has 2 aliphatic heterocycles. The van der Waals surface area contributed by atoms with Crippen molar-refractivity contribution in [1.29, 1.82) is 0 Å². The lowest BCUT2D eigenvalue weighted by molar-refractivity contribution is -0.153. The van der Waals surface area contributed by atoms with E-state index in [4.69, 9.17) is 0 Å². The van der Waals surface area contributed by atoms with E-state index in [1.54, 1.807) is 45.1 Å². The molecule has 37 heavy (non-hydrogen) atoms. The maximum Gasteiger partial charge on any atom is 0.328 e. The molecule has 0 aromatic heterocycles. The van der Waals surface area contributed by atoms with Gasteiger partial charge in [-0.3, -0.25) is 29.4 Å². The molecule has 0 saturated carbocycles. The Morgan fingerprint density at radius 2 is 1.81 bits per heavy atom. The van der Waals surface area contributed by atoms with Gasteiger partial charge in [-0.05, 0) is 27.2 Å². The number of allylic oxidation sites excluding steroid dienone is 3. The fourth-order valence-electron chi connectivity index (χ4n) is 4.43. The van der Waals surface area contributed by atoms with Gasteiger partial charge in [0.2, 0.25) is 5.91 Å². The number of hydrogen-bond acceptors (Lipinski definition) is 8.